The van der Waals surface area contributed by atoms with E-state index in [1.165, 1.54) is 35.1 Å². The molecule has 4 rings (SSSR count). The van der Waals surface area contributed by atoms with Crippen LogP contribution in [0.3, 0.4) is 0 Å². The number of nitro benzene ring substituents is 2. The highest BCUT2D eigenvalue weighted by molar-refractivity contribution is 5.87. The Hall–Kier alpha value is -5.21. The van der Waals surface area contributed by atoms with E-state index in [-0.39, 0.29) is 45.7 Å². The first-order valence-electron chi connectivity index (χ1n) is 8.65. The molecule has 15 heteroatoms. The van der Waals surface area contributed by atoms with Gasteiger partial charge in [-0.15, -0.1) is 15.3 Å². The summed E-state index contributed by atoms with van der Waals surface area (Å²) >= 11 is 0. The first-order chi connectivity index (χ1) is 15.3. The smallest absolute Gasteiger partial charge is 0.278 e. The lowest BCUT2D eigenvalue weighted by atomic mass is 10.2. The number of benzene rings is 2. The maximum Gasteiger partial charge on any atom is 0.278 e. The molecule has 0 fully saturated rings. The summed E-state index contributed by atoms with van der Waals surface area (Å²) in [7, 11) is 0. The van der Waals surface area contributed by atoms with Gasteiger partial charge in [0, 0.05) is 18.3 Å². The lowest BCUT2D eigenvalue weighted by molar-refractivity contribution is -0.385. The van der Waals surface area contributed by atoms with Crippen molar-refractivity contribution in [2.75, 3.05) is 0 Å². The summed E-state index contributed by atoms with van der Waals surface area (Å²) in [5.41, 5.74) is -0.437. The molecular weight excluding hydrogens is 426 g/mol. The van der Waals surface area contributed by atoms with E-state index >= 15 is 0 Å². The minimum atomic E-state index is -0.621. The molecule has 0 aliphatic carbocycles. The van der Waals surface area contributed by atoms with E-state index in [1.54, 1.807) is 0 Å². The minimum absolute atomic E-state index is 0.0325. The van der Waals surface area contributed by atoms with Crippen LogP contribution in [0.1, 0.15) is 11.1 Å². The molecule has 0 saturated carbocycles. The molecule has 4 aromatic rings. The fourth-order valence-electron chi connectivity index (χ4n) is 2.70. The molecule has 0 amide bonds. The Morgan fingerprint density at radius 3 is 2.09 bits per heavy atom. The van der Waals surface area contributed by atoms with Gasteiger partial charge >= 0.3 is 0 Å². The van der Waals surface area contributed by atoms with E-state index < -0.39 is 9.85 Å². The van der Waals surface area contributed by atoms with Crippen LogP contribution in [0, 0.1) is 20.2 Å². The maximum absolute atomic E-state index is 11.1. The van der Waals surface area contributed by atoms with Gasteiger partial charge in [0.2, 0.25) is 0 Å². The molecule has 0 aliphatic heterocycles. The predicted octanol–water partition coefficient (Wildman–Crippen LogP) is 1.79. The van der Waals surface area contributed by atoms with Crippen molar-refractivity contribution >= 4 is 35.5 Å². The van der Waals surface area contributed by atoms with Crippen LogP contribution in [-0.2, 0) is 0 Å². The molecule has 2 aromatic carbocycles. The fourth-order valence-corrected chi connectivity index (χ4v) is 2.70. The van der Waals surface area contributed by atoms with Crippen molar-refractivity contribution in [3.63, 3.8) is 0 Å². The quantitative estimate of drug-likeness (QED) is 0.256. The fraction of sp³-hybridized carbons (Fsp3) is 0. The van der Waals surface area contributed by atoms with Gasteiger partial charge in [0.1, 0.15) is 17.8 Å². The second-order valence-corrected chi connectivity index (χ2v) is 6.19. The molecule has 32 heavy (non-hydrogen) atoms. The monoisotopic (exact) mass is 437 g/mol. The van der Waals surface area contributed by atoms with E-state index in [2.05, 4.69) is 25.4 Å². The topological polar surface area (TPSA) is 199 Å². The van der Waals surface area contributed by atoms with Crippen LogP contribution in [0.15, 0.2) is 52.8 Å². The highest BCUT2D eigenvalue weighted by Crippen LogP contribution is 2.23. The molecule has 160 valence electrons. The molecule has 2 aromatic heterocycles. The van der Waals surface area contributed by atoms with E-state index in [1.807, 2.05) is 0 Å². The number of hydrogen-bond acceptors (Lipinski definition) is 11. The molecule has 0 spiro atoms. The van der Waals surface area contributed by atoms with Gasteiger partial charge in [-0.1, -0.05) is 0 Å². The average Bonchev–Trinajstić information content (AvgIpc) is 3.32. The number of rotatable bonds is 6. The minimum Gasteiger partial charge on any atom is -0.508 e. The third-order valence-electron chi connectivity index (χ3n) is 4.15. The number of phenolic OH excluding ortho intramolecular Hbond substituents is 2. The highest BCUT2D eigenvalue weighted by atomic mass is 16.6. The standard InChI is InChI=1S/C17H11N9O6/c27-12-1-3-14(25(29)30)10(5-12)7-18-16-21-22-17-23(9-20-24(16)17)19-8-11-6-13(28)2-4-15(11)26(31)32/h1-9,27-28H/b18-7?,19-8-. The number of nitro groups is 2. The molecule has 2 heterocycles. The van der Waals surface area contributed by atoms with Gasteiger partial charge in [0.05, 0.1) is 27.2 Å². The molecule has 0 bridgehead atoms. The lowest BCUT2D eigenvalue weighted by Gasteiger charge is -1.98. The number of aliphatic imine (C=N–C) groups is 1. The summed E-state index contributed by atoms with van der Waals surface area (Å²) in [6.45, 7) is 0. The van der Waals surface area contributed by atoms with Gasteiger partial charge in [0.25, 0.3) is 23.1 Å². The normalized spacial score (nSPS) is 11.6. The average molecular weight is 437 g/mol. The molecule has 0 atom stereocenters. The molecule has 0 saturated heterocycles. The summed E-state index contributed by atoms with van der Waals surface area (Å²) in [5.74, 6) is -0.285. The number of aromatic nitrogens is 5. The van der Waals surface area contributed by atoms with Crippen LogP contribution in [0.5, 0.6) is 11.5 Å². The summed E-state index contributed by atoms with van der Waals surface area (Å²) in [6, 6.07) is 7.00. The van der Waals surface area contributed by atoms with Crippen molar-refractivity contribution in [2.24, 2.45) is 10.1 Å². The van der Waals surface area contributed by atoms with Crippen molar-refractivity contribution < 1.29 is 20.1 Å². The van der Waals surface area contributed by atoms with Gasteiger partial charge in [-0.2, -0.15) is 14.3 Å². The largest absolute Gasteiger partial charge is 0.508 e. The Morgan fingerprint density at radius 1 is 0.906 bits per heavy atom. The summed E-state index contributed by atoms with van der Waals surface area (Å²) in [5, 5.41) is 57.1. The van der Waals surface area contributed by atoms with Gasteiger partial charge in [0.15, 0.2) is 0 Å². The Balaban J connectivity index is 1.66. The predicted molar refractivity (Wildman–Crippen MR) is 109 cm³/mol. The number of nitrogens with zero attached hydrogens (tertiary/aromatic N) is 9. The zero-order chi connectivity index (χ0) is 22.8. The molecule has 2 N–H and O–H groups in total. The first kappa shape index (κ1) is 20.1. The lowest BCUT2D eigenvalue weighted by Crippen LogP contribution is -1.96. The molecule has 0 unspecified atom stereocenters. The van der Waals surface area contributed by atoms with Crippen LogP contribution in [0.2, 0.25) is 0 Å². The first-order valence-corrected chi connectivity index (χ1v) is 8.65. The van der Waals surface area contributed by atoms with Gasteiger partial charge < -0.3 is 10.2 Å². The summed E-state index contributed by atoms with van der Waals surface area (Å²) in [4.78, 5) is 25.0. The Kier molecular flexibility index (Phi) is 4.96. The second-order valence-electron chi connectivity index (χ2n) is 6.19. The number of fused-ring (bicyclic) bond motifs is 1. The van der Waals surface area contributed by atoms with Crippen molar-refractivity contribution in [3.8, 4) is 11.5 Å². The van der Waals surface area contributed by atoms with Gasteiger partial charge in [-0.05, 0) is 24.3 Å². The van der Waals surface area contributed by atoms with E-state index in [9.17, 15) is 30.4 Å². The zero-order valence-corrected chi connectivity index (χ0v) is 15.7. The third-order valence-corrected chi connectivity index (χ3v) is 4.15. The third kappa shape index (κ3) is 3.80. The summed E-state index contributed by atoms with van der Waals surface area (Å²) < 4.78 is 2.34. The SMILES string of the molecule is O=[N+]([O-])c1ccc(O)cc1C=Nc1nnc2n(/N=C\c3cc(O)ccc3[N+](=O)[O-])cnn12. The number of phenols is 2. The summed E-state index contributed by atoms with van der Waals surface area (Å²) in [6.07, 6.45) is 3.52. The molecule has 15 nitrogen and oxygen atoms in total. The Labute approximate surface area is 176 Å². The van der Waals surface area contributed by atoms with Crippen molar-refractivity contribution in [1.29, 1.82) is 0 Å². The van der Waals surface area contributed by atoms with E-state index in [4.69, 9.17) is 0 Å². The maximum atomic E-state index is 11.1. The van der Waals surface area contributed by atoms with Crippen LogP contribution in [0.4, 0.5) is 17.3 Å². The number of hydrogen-bond donors (Lipinski definition) is 2. The van der Waals surface area contributed by atoms with Crippen LogP contribution >= 0.6 is 0 Å². The highest BCUT2D eigenvalue weighted by Gasteiger charge is 2.15. The van der Waals surface area contributed by atoms with Crippen LogP contribution in [0.25, 0.3) is 5.78 Å². The van der Waals surface area contributed by atoms with Crippen LogP contribution in [-0.4, -0.2) is 57.0 Å². The second kappa shape index (κ2) is 7.90. The molecule has 0 radical (unpaired) electrons. The van der Waals surface area contributed by atoms with E-state index in [0.29, 0.717) is 0 Å². The molecule has 0 aliphatic rings. The van der Waals surface area contributed by atoms with Crippen molar-refractivity contribution in [2.45, 2.75) is 0 Å². The zero-order valence-electron chi connectivity index (χ0n) is 15.7. The Bertz CT molecular complexity index is 1310. The Morgan fingerprint density at radius 2 is 1.50 bits per heavy atom. The van der Waals surface area contributed by atoms with Crippen molar-refractivity contribution in [1.82, 2.24) is 24.5 Å². The molecular formula is C17H11N9O6. The van der Waals surface area contributed by atoms with Crippen LogP contribution < -0.4 is 0 Å². The van der Waals surface area contributed by atoms with Gasteiger partial charge in [-0.25, -0.2) is 4.99 Å². The van der Waals surface area contributed by atoms with Gasteiger partial charge in [-0.3, -0.25) is 20.2 Å². The van der Waals surface area contributed by atoms with E-state index in [0.717, 1.165) is 29.2 Å². The van der Waals surface area contributed by atoms with Crippen molar-refractivity contribution in [3.05, 3.63) is 74.1 Å². The number of aromatic hydroxyl groups is 2.